The Bertz CT molecular complexity index is 1140. The van der Waals surface area contributed by atoms with Crippen LogP contribution in [0.15, 0.2) is 54.7 Å². The van der Waals surface area contributed by atoms with Crippen LogP contribution >= 0.6 is 0 Å². The van der Waals surface area contributed by atoms with Crippen LogP contribution in [0.2, 0.25) is 0 Å². The molecule has 2 heterocycles. The summed E-state index contributed by atoms with van der Waals surface area (Å²) >= 11 is 0. The fourth-order valence-corrected chi connectivity index (χ4v) is 3.18. The van der Waals surface area contributed by atoms with Gasteiger partial charge in [-0.3, -0.25) is 4.79 Å². The normalized spacial score (nSPS) is 10.9. The van der Waals surface area contributed by atoms with E-state index in [2.05, 4.69) is 32.6 Å². The SMILES string of the molecule is CCc1nnc(-c2[nH]cc3c(C(N)=O)cccc23)nc1NCc1ccccc1. The van der Waals surface area contributed by atoms with Crippen LogP contribution in [0.4, 0.5) is 5.82 Å². The average molecular weight is 372 g/mol. The lowest BCUT2D eigenvalue weighted by molar-refractivity contribution is 0.100. The molecule has 28 heavy (non-hydrogen) atoms. The van der Waals surface area contributed by atoms with E-state index >= 15 is 0 Å². The summed E-state index contributed by atoms with van der Waals surface area (Å²) in [4.78, 5) is 19.5. The van der Waals surface area contributed by atoms with E-state index in [0.717, 1.165) is 22.0 Å². The highest BCUT2D eigenvalue weighted by Crippen LogP contribution is 2.28. The first-order valence-corrected chi connectivity index (χ1v) is 9.09. The van der Waals surface area contributed by atoms with Gasteiger partial charge in [-0.15, -0.1) is 10.2 Å². The van der Waals surface area contributed by atoms with E-state index in [1.807, 2.05) is 31.2 Å². The van der Waals surface area contributed by atoms with Crippen LogP contribution in [-0.2, 0) is 13.0 Å². The second-order valence-corrected chi connectivity index (χ2v) is 6.42. The van der Waals surface area contributed by atoms with E-state index in [1.54, 1.807) is 18.3 Å². The maximum Gasteiger partial charge on any atom is 0.249 e. The molecule has 0 saturated carbocycles. The fourth-order valence-electron chi connectivity index (χ4n) is 3.18. The number of amides is 1. The highest BCUT2D eigenvalue weighted by atomic mass is 16.1. The fraction of sp³-hybridized carbons (Fsp3) is 0.143. The Labute approximate surface area is 162 Å². The number of aromatic nitrogens is 4. The molecular weight excluding hydrogens is 352 g/mol. The second kappa shape index (κ2) is 7.48. The number of hydrogen-bond donors (Lipinski definition) is 3. The molecule has 140 valence electrons. The number of aromatic amines is 1. The number of aryl methyl sites for hydroxylation is 1. The van der Waals surface area contributed by atoms with Gasteiger partial charge >= 0.3 is 0 Å². The van der Waals surface area contributed by atoms with Crippen molar-refractivity contribution in [1.29, 1.82) is 0 Å². The zero-order valence-corrected chi connectivity index (χ0v) is 15.4. The quantitative estimate of drug-likeness (QED) is 0.481. The van der Waals surface area contributed by atoms with Gasteiger partial charge in [0.2, 0.25) is 11.7 Å². The molecule has 2 aromatic carbocycles. The van der Waals surface area contributed by atoms with Crippen LogP contribution in [0.3, 0.4) is 0 Å². The molecule has 0 fully saturated rings. The van der Waals surface area contributed by atoms with Crippen LogP contribution in [0.5, 0.6) is 0 Å². The lowest BCUT2D eigenvalue weighted by Gasteiger charge is -2.10. The largest absolute Gasteiger partial charge is 0.366 e. The lowest BCUT2D eigenvalue weighted by atomic mass is 10.1. The molecule has 0 radical (unpaired) electrons. The minimum Gasteiger partial charge on any atom is -0.366 e. The van der Waals surface area contributed by atoms with E-state index in [9.17, 15) is 4.79 Å². The van der Waals surface area contributed by atoms with Crippen LogP contribution in [0.1, 0.15) is 28.5 Å². The van der Waals surface area contributed by atoms with Crippen molar-refractivity contribution in [3.8, 4) is 11.5 Å². The predicted molar refractivity (Wildman–Crippen MR) is 109 cm³/mol. The number of hydrogen-bond acceptors (Lipinski definition) is 5. The number of anilines is 1. The van der Waals surface area contributed by atoms with Crippen molar-refractivity contribution in [3.63, 3.8) is 0 Å². The molecule has 1 amide bonds. The van der Waals surface area contributed by atoms with E-state index < -0.39 is 5.91 Å². The van der Waals surface area contributed by atoms with Crippen molar-refractivity contribution in [3.05, 3.63) is 71.5 Å². The number of nitrogens with zero attached hydrogens (tertiary/aromatic N) is 3. The highest BCUT2D eigenvalue weighted by molar-refractivity contribution is 6.09. The lowest BCUT2D eigenvalue weighted by Crippen LogP contribution is -2.10. The third-order valence-corrected chi connectivity index (χ3v) is 4.62. The zero-order chi connectivity index (χ0) is 19.5. The third kappa shape index (κ3) is 3.29. The Hall–Kier alpha value is -3.74. The number of primary amides is 1. The summed E-state index contributed by atoms with van der Waals surface area (Å²) in [7, 11) is 0. The maximum atomic E-state index is 11.7. The summed E-state index contributed by atoms with van der Waals surface area (Å²) in [5, 5.41) is 13.6. The number of H-pyrrole nitrogens is 1. The molecule has 0 unspecified atom stereocenters. The molecule has 0 aliphatic heterocycles. The van der Waals surface area contributed by atoms with Gasteiger partial charge in [-0.1, -0.05) is 49.4 Å². The van der Waals surface area contributed by atoms with Gasteiger partial charge in [0.15, 0.2) is 5.82 Å². The summed E-state index contributed by atoms with van der Waals surface area (Å²) in [6.07, 6.45) is 2.47. The van der Waals surface area contributed by atoms with Crippen molar-refractivity contribution >= 4 is 22.5 Å². The Morgan fingerprint density at radius 2 is 1.89 bits per heavy atom. The topological polar surface area (TPSA) is 110 Å². The zero-order valence-electron chi connectivity index (χ0n) is 15.4. The van der Waals surface area contributed by atoms with E-state index in [1.165, 1.54) is 0 Å². The maximum absolute atomic E-state index is 11.7. The molecule has 2 aromatic heterocycles. The monoisotopic (exact) mass is 372 g/mol. The molecule has 0 bridgehead atoms. The molecule has 0 aliphatic rings. The van der Waals surface area contributed by atoms with Gasteiger partial charge < -0.3 is 16.0 Å². The first-order chi connectivity index (χ1) is 13.7. The minimum atomic E-state index is -0.471. The summed E-state index contributed by atoms with van der Waals surface area (Å²) < 4.78 is 0. The summed E-state index contributed by atoms with van der Waals surface area (Å²) in [6, 6.07) is 15.5. The summed E-state index contributed by atoms with van der Waals surface area (Å²) in [5.41, 5.74) is 8.59. The number of carbonyl (C=O) groups is 1. The van der Waals surface area contributed by atoms with Crippen LogP contribution in [0.25, 0.3) is 22.3 Å². The van der Waals surface area contributed by atoms with Crippen molar-refractivity contribution in [1.82, 2.24) is 20.2 Å². The first kappa shape index (κ1) is 17.7. The van der Waals surface area contributed by atoms with Gasteiger partial charge in [-0.25, -0.2) is 4.98 Å². The van der Waals surface area contributed by atoms with Crippen molar-refractivity contribution in [2.45, 2.75) is 19.9 Å². The molecule has 7 heteroatoms. The summed E-state index contributed by atoms with van der Waals surface area (Å²) in [6.45, 7) is 2.66. The van der Waals surface area contributed by atoms with Crippen molar-refractivity contribution in [2.75, 3.05) is 5.32 Å². The van der Waals surface area contributed by atoms with Gasteiger partial charge in [-0.05, 0) is 18.1 Å². The Balaban J connectivity index is 1.72. The van der Waals surface area contributed by atoms with Gasteiger partial charge in [0.05, 0.1) is 5.69 Å². The van der Waals surface area contributed by atoms with Crippen LogP contribution in [0, 0.1) is 0 Å². The van der Waals surface area contributed by atoms with Gasteiger partial charge in [0, 0.05) is 29.1 Å². The average Bonchev–Trinajstić information content (AvgIpc) is 3.17. The second-order valence-electron chi connectivity index (χ2n) is 6.42. The number of nitrogens with one attached hydrogen (secondary N) is 2. The molecule has 4 aromatic rings. The molecule has 0 saturated heterocycles. The first-order valence-electron chi connectivity index (χ1n) is 9.09. The smallest absolute Gasteiger partial charge is 0.249 e. The number of nitrogens with two attached hydrogens (primary N) is 1. The number of carbonyl (C=O) groups excluding carboxylic acids is 1. The molecule has 0 atom stereocenters. The Morgan fingerprint density at radius 1 is 1.07 bits per heavy atom. The number of benzene rings is 2. The number of fused-ring (bicyclic) bond motifs is 1. The van der Waals surface area contributed by atoms with Crippen molar-refractivity contribution in [2.24, 2.45) is 5.73 Å². The molecule has 4 rings (SSSR count). The van der Waals surface area contributed by atoms with E-state index in [4.69, 9.17) is 10.7 Å². The molecule has 0 aliphatic carbocycles. The summed E-state index contributed by atoms with van der Waals surface area (Å²) in [5.74, 6) is 0.691. The molecule has 4 N–H and O–H groups in total. The Kier molecular flexibility index (Phi) is 4.72. The van der Waals surface area contributed by atoms with Gasteiger partial charge in [0.1, 0.15) is 5.69 Å². The predicted octanol–water partition coefficient (Wildman–Crippen LogP) is 3.29. The van der Waals surface area contributed by atoms with Gasteiger partial charge in [0.25, 0.3) is 0 Å². The third-order valence-electron chi connectivity index (χ3n) is 4.62. The van der Waals surface area contributed by atoms with E-state index in [-0.39, 0.29) is 0 Å². The molecule has 0 spiro atoms. The van der Waals surface area contributed by atoms with E-state index in [0.29, 0.717) is 35.9 Å². The molecular formula is C21H20N6O. The van der Waals surface area contributed by atoms with Gasteiger partial charge in [-0.2, -0.15) is 0 Å². The molecule has 7 nitrogen and oxygen atoms in total. The Morgan fingerprint density at radius 3 is 2.64 bits per heavy atom. The van der Waals surface area contributed by atoms with Crippen LogP contribution < -0.4 is 11.1 Å². The van der Waals surface area contributed by atoms with Crippen molar-refractivity contribution < 1.29 is 4.79 Å². The van der Waals surface area contributed by atoms with Crippen LogP contribution in [-0.4, -0.2) is 26.1 Å². The number of rotatable bonds is 6. The highest BCUT2D eigenvalue weighted by Gasteiger charge is 2.16. The standard InChI is InChI=1S/C21H20N6O/c1-2-17-20(24-11-13-7-4-3-5-8-13)25-21(27-26-17)18-14-9-6-10-15(19(22)28)16(14)12-23-18/h3-10,12,23H,2,11H2,1H3,(H2,22,28)(H,24,25,27). The minimum absolute atomic E-state index is 0.459.